The summed E-state index contributed by atoms with van der Waals surface area (Å²) in [5.74, 6) is -0.402. The van der Waals surface area contributed by atoms with Gasteiger partial charge in [-0.3, -0.25) is 4.68 Å². The second-order valence-electron chi connectivity index (χ2n) is 9.85. The number of hydrogen-bond donors (Lipinski definition) is 1. The van der Waals surface area contributed by atoms with Gasteiger partial charge in [0.1, 0.15) is 22.5 Å². The van der Waals surface area contributed by atoms with Crippen molar-refractivity contribution in [2.75, 3.05) is 20.3 Å². The number of aliphatic carboxylic acids is 1. The highest BCUT2D eigenvalue weighted by Gasteiger charge is 2.30. The van der Waals surface area contributed by atoms with Crippen LogP contribution in [0.15, 0.2) is 36.4 Å². The Kier molecular flexibility index (Phi) is 8.59. The molecule has 0 saturated heterocycles. The molecule has 1 aliphatic rings. The van der Waals surface area contributed by atoms with E-state index in [4.69, 9.17) is 19.3 Å². The number of carboxylic acids is 1. The van der Waals surface area contributed by atoms with Crippen LogP contribution in [0.4, 0.5) is 0 Å². The first-order valence-corrected chi connectivity index (χ1v) is 14.2. The van der Waals surface area contributed by atoms with Gasteiger partial charge in [-0.1, -0.05) is 25.3 Å². The number of fused-ring (bicyclic) bond motifs is 1. The normalized spacial score (nSPS) is 13.8. The number of rotatable bonds is 11. The lowest BCUT2D eigenvalue weighted by Gasteiger charge is -2.21. The first kappa shape index (κ1) is 27.6. The van der Waals surface area contributed by atoms with Gasteiger partial charge in [0, 0.05) is 29.5 Å². The highest BCUT2D eigenvalue weighted by molar-refractivity contribution is 7.00. The van der Waals surface area contributed by atoms with Crippen LogP contribution in [-0.2, 0) is 22.5 Å². The van der Waals surface area contributed by atoms with Crippen LogP contribution in [0.5, 0.6) is 11.5 Å². The third-order valence-corrected chi connectivity index (χ3v) is 7.74. The van der Waals surface area contributed by atoms with Crippen molar-refractivity contribution in [3.63, 3.8) is 0 Å². The van der Waals surface area contributed by atoms with Crippen molar-refractivity contribution >= 4 is 34.7 Å². The lowest BCUT2D eigenvalue weighted by molar-refractivity contribution is -0.139. The molecule has 0 bridgehead atoms. The number of aromatic nitrogens is 4. The Hall–Kier alpha value is -3.99. The number of carbonyl (C=O) groups is 2. The summed E-state index contributed by atoms with van der Waals surface area (Å²) < 4.78 is 26.8. The molecule has 1 fully saturated rings. The summed E-state index contributed by atoms with van der Waals surface area (Å²) in [5, 5.41) is 14.2. The van der Waals surface area contributed by atoms with Crippen molar-refractivity contribution in [3.05, 3.63) is 64.5 Å². The molecule has 10 nitrogen and oxygen atoms in total. The molecule has 11 heteroatoms. The number of methoxy groups -OCH3 is 1. The standard InChI is InChI=1S/C29H32N4O6S/c1-3-38-29(36)28-22(13-18-9-12-23-24(14-18)32-40-31-23)27(19-7-5-4-6-8-19)30-33(28)16-20-10-11-21(37-2)15-25(20)39-17-26(34)35/h9-12,14-15,19H,3-8,13,16-17H2,1-2H3,(H,34,35). The summed E-state index contributed by atoms with van der Waals surface area (Å²) >= 11 is 1.18. The summed E-state index contributed by atoms with van der Waals surface area (Å²) in [7, 11) is 1.53. The molecule has 1 saturated carbocycles. The number of carboxylic acid groups (broad SMARTS) is 1. The van der Waals surface area contributed by atoms with E-state index in [0.717, 1.165) is 53.5 Å². The Labute approximate surface area is 236 Å². The van der Waals surface area contributed by atoms with E-state index in [9.17, 15) is 14.7 Å². The smallest absolute Gasteiger partial charge is 0.356 e. The van der Waals surface area contributed by atoms with E-state index in [0.29, 0.717) is 29.2 Å². The molecule has 40 heavy (non-hydrogen) atoms. The SMILES string of the molecule is CCOC(=O)c1c(Cc2ccc3nsnc3c2)c(C2CCCCC2)nn1Cc1ccc(OC)cc1OCC(=O)O. The molecule has 1 N–H and O–H groups in total. The van der Waals surface area contributed by atoms with Gasteiger partial charge < -0.3 is 19.3 Å². The van der Waals surface area contributed by atoms with Gasteiger partial charge in [-0.2, -0.15) is 13.8 Å². The van der Waals surface area contributed by atoms with Crippen LogP contribution in [0.1, 0.15) is 77.8 Å². The maximum Gasteiger partial charge on any atom is 0.356 e. The number of carbonyl (C=O) groups excluding carboxylic acids is 1. The first-order chi connectivity index (χ1) is 19.5. The summed E-state index contributed by atoms with van der Waals surface area (Å²) in [4.78, 5) is 24.7. The second kappa shape index (κ2) is 12.5. The minimum absolute atomic E-state index is 0.196. The van der Waals surface area contributed by atoms with Crippen LogP contribution in [0.2, 0.25) is 0 Å². The fourth-order valence-corrected chi connectivity index (χ4v) is 5.83. The van der Waals surface area contributed by atoms with Crippen LogP contribution < -0.4 is 9.47 Å². The lowest BCUT2D eigenvalue weighted by atomic mass is 9.84. The Morgan fingerprint density at radius 1 is 1.07 bits per heavy atom. The van der Waals surface area contributed by atoms with E-state index >= 15 is 0 Å². The van der Waals surface area contributed by atoms with Gasteiger partial charge in [0.05, 0.1) is 37.7 Å². The van der Waals surface area contributed by atoms with Gasteiger partial charge in [-0.05, 0) is 49.6 Å². The summed E-state index contributed by atoms with van der Waals surface area (Å²) in [6, 6.07) is 11.2. The molecule has 0 spiro atoms. The fourth-order valence-electron chi connectivity index (χ4n) is 5.31. The van der Waals surface area contributed by atoms with Crippen molar-refractivity contribution in [2.45, 2.75) is 57.9 Å². The number of benzene rings is 2. The van der Waals surface area contributed by atoms with Crippen LogP contribution in [-0.4, -0.2) is 55.9 Å². The maximum absolute atomic E-state index is 13.5. The molecule has 0 amide bonds. The quantitative estimate of drug-likeness (QED) is 0.244. The van der Waals surface area contributed by atoms with Crippen LogP contribution >= 0.6 is 11.7 Å². The van der Waals surface area contributed by atoms with Crippen molar-refractivity contribution in [1.29, 1.82) is 0 Å². The van der Waals surface area contributed by atoms with Gasteiger partial charge in [0.25, 0.3) is 0 Å². The van der Waals surface area contributed by atoms with E-state index < -0.39 is 18.5 Å². The zero-order valence-electron chi connectivity index (χ0n) is 22.6. The minimum Gasteiger partial charge on any atom is -0.497 e. The van der Waals surface area contributed by atoms with Crippen molar-refractivity contribution in [2.24, 2.45) is 0 Å². The Bertz CT molecular complexity index is 1510. The first-order valence-electron chi connectivity index (χ1n) is 13.5. The third kappa shape index (κ3) is 6.09. The fraction of sp³-hybridized carbons (Fsp3) is 0.414. The van der Waals surface area contributed by atoms with Crippen LogP contribution in [0.3, 0.4) is 0 Å². The third-order valence-electron chi connectivity index (χ3n) is 7.19. The number of nitrogens with zero attached hydrogens (tertiary/aromatic N) is 4. The summed E-state index contributed by atoms with van der Waals surface area (Å²) in [6.07, 6.45) is 5.95. The molecule has 2 aromatic heterocycles. The Morgan fingerprint density at radius 3 is 2.62 bits per heavy atom. The maximum atomic E-state index is 13.5. The Balaban J connectivity index is 1.60. The van der Waals surface area contributed by atoms with E-state index in [1.54, 1.807) is 29.8 Å². The summed E-state index contributed by atoms with van der Waals surface area (Å²) in [5.41, 5.74) is 5.53. The molecule has 0 atom stereocenters. The van der Waals surface area contributed by atoms with E-state index in [-0.39, 0.29) is 19.1 Å². The number of hydrogen-bond acceptors (Lipinski definition) is 9. The molecule has 0 unspecified atom stereocenters. The molecule has 2 aromatic carbocycles. The molecule has 1 aliphatic carbocycles. The molecular formula is C29H32N4O6S. The lowest BCUT2D eigenvalue weighted by Crippen LogP contribution is -2.17. The second-order valence-corrected chi connectivity index (χ2v) is 10.4. The zero-order chi connectivity index (χ0) is 28.1. The average molecular weight is 565 g/mol. The van der Waals surface area contributed by atoms with E-state index in [1.807, 2.05) is 18.2 Å². The molecular weight excluding hydrogens is 532 g/mol. The van der Waals surface area contributed by atoms with Crippen LogP contribution in [0.25, 0.3) is 11.0 Å². The monoisotopic (exact) mass is 564 g/mol. The highest BCUT2D eigenvalue weighted by Crippen LogP contribution is 2.37. The number of ether oxygens (including phenoxy) is 3. The topological polar surface area (TPSA) is 126 Å². The van der Waals surface area contributed by atoms with Gasteiger partial charge in [0.15, 0.2) is 12.3 Å². The van der Waals surface area contributed by atoms with Crippen molar-refractivity contribution in [3.8, 4) is 11.5 Å². The minimum atomic E-state index is -1.09. The van der Waals surface area contributed by atoms with Gasteiger partial charge in [0.2, 0.25) is 0 Å². The van der Waals surface area contributed by atoms with Gasteiger partial charge in [-0.15, -0.1) is 0 Å². The predicted molar refractivity (Wildman–Crippen MR) is 149 cm³/mol. The molecule has 4 aromatic rings. The zero-order valence-corrected chi connectivity index (χ0v) is 23.4. The van der Waals surface area contributed by atoms with E-state index in [2.05, 4.69) is 8.75 Å². The molecule has 5 rings (SSSR count). The van der Waals surface area contributed by atoms with Crippen LogP contribution in [0, 0.1) is 0 Å². The summed E-state index contributed by atoms with van der Waals surface area (Å²) in [6.45, 7) is 1.71. The van der Waals surface area contributed by atoms with Crippen molar-refractivity contribution < 1.29 is 28.9 Å². The highest BCUT2D eigenvalue weighted by atomic mass is 32.1. The molecule has 0 aliphatic heterocycles. The molecule has 0 radical (unpaired) electrons. The average Bonchev–Trinajstić information content (AvgIpc) is 3.57. The number of esters is 1. The van der Waals surface area contributed by atoms with E-state index in [1.165, 1.54) is 25.3 Å². The largest absolute Gasteiger partial charge is 0.497 e. The predicted octanol–water partition coefficient (Wildman–Crippen LogP) is 5.22. The van der Waals surface area contributed by atoms with Gasteiger partial charge >= 0.3 is 11.9 Å². The Morgan fingerprint density at radius 2 is 1.88 bits per heavy atom. The molecule has 210 valence electrons. The van der Waals surface area contributed by atoms with Crippen molar-refractivity contribution in [1.82, 2.24) is 18.5 Å². The van der Waals surface area contributed by atoms with Gasteiger partial charge in [-0.25, -0.2) is 9.59 Å². The molecule has 2 heterocycles.